The van der Waals surface area contributed by atoms with Gasteiger partial charge in [0.05, 0.1) is 17.8 Å². The molecule has 0 atom stereocenters. The van der Waals surface area contributed by atoms with E-state index in [-0.39, 0.29) is 12.5 Å². The van der Waals surface area contributed by atoms with E-state index in [1.54, 1.807) is 29.7 Å². The predicted molar refractivity (Wildman–Crippen MR) is 93.3 cm³/mol. The Hall–Kier alpha value is -2.41. The van der Waals surface area contributed by atoms with Gasteiger partial charge in [-0.3, -0.25) is 9.78 Å². The van der Waals surface area contributed by atoms with Crippen LogP contribution in [-0.4, -0.2) is 65.5 Å². The molecular formula is C16H19ClN6O. The van der Waals surface area contributed by atoms with E-state index in [0.717, 1.165) is 18.9 Å². The zero-order chi connectivity index (χ0) is 16.9. The summed E-state index contributed by atoms with van der Waals surface area (Å²) in [6.45, 7) is 3.03. The van der Waals surface area contributed by atoms with E-state index in [0.29, 0.717) is 23.9 Å². The van der Waals surface area contributed by atoms with Crippen LogP contribution in [-0.2, 0) is 4.79 Å². The molecule has 0 radical (unpaired) electrons. The largest absolute Gasteiger partial charge is 0.352 e. The van der Waals surface area contributed by atoms with Crippen LogP contribution in [0, 0.1) is 0 Å². The first kappa shape index (κ1) is 16.4. The number of hydrogen-bond donors (Lipinski definition) is 0. The molecule has 2 aromatic heterocycles. The maximum Gasteiger partial charge on any atom is 0.242 e. The maximum absolute atomic E-state index is 12.5. The van der Waals surface area contributed by atoms with E-state index >= 15 is 0 Å². The molecule has 1 amide bonds. The van der Waals surface area contributed by atoms with Gasteiger partial charge in [0.15, 0.2) is 0 Å². The molecule has 1 aliphatic rings. The minimum absolute atomic E-state index is 0.0786. The quantitative estimate of drug-likeness (QED) is 0.831. The summed E-state index contributed by atoms with van der Waals surface area (Å²) >= 11 is 6.19. The normalized spacial score (nSPS) is 14.6. The molecule has 0 aliphatic carbocycles. The second kappa shape index (κ2) is 7.44. The first-order valence-corrected chi connectivity index (χ1v) is 8.13. The highest BCUT2D eigenvalue weighted by Crippen LogP contribution is 2.23. The van der Waals surface area contributed by atoms with E-state index in [4.69, 9.17) is 11.6 Å². The summed E-state index contributed by atoms with van der Waals surface area (Å²) in [5.41, 5.74) is 0. The minimum atomic E-state index is 0.0786. The van der Waals surface area contributed by atoms with Crippen LogP contribution in [0.15, 0.2) is 36.9 Å². The summed E-state index contributed by atoms with van der Waals surface area (Å²) in [6, 6.07) is 3.64. The van der Waals surface area contributed by atoms with Crippen molar-refractivity contribution in [1.82, 2.24) is 19.9 Å². The number of likely N-dealkylation sites (N-methyl/N-ethyl adjacent to an activating group) is 1. The number of anilines is 2. The summed E-state index contributed by atoms with van der Waals surface area (Å²) < 4.78 is 0. The molecule has 0 N–H and O–H groups in total. The van der Waals surface area contributed by atoms with E-state index in [1.165, 1.54) is 0 Å². The number of rotatable bonds is 4. The number of carbonyl (C=O) groups excluding carboxylic acids is 1. The maximum atomic E-state index is 12.5. The van der Waals surface area contributed by atoms with Crippen molar-refractivity contribution in [2.75, 3.05) is 49.6 Å². The van der Waals surface area contributed by atoms with Gasteiger partial charge >= 0.3 is 0 Å². The Kier molecular flexibility index (Phi) is 5.10. The highest BCUT2D eigenvalue weighted by atomic mass is 35.5. The Bertz CT molecular complexity index is 690. The van der Waals surface area contributed by atoms with Crippen LogP contribution >= 0.6 is 11.6 Å². The van der Waals surface area contributed by atoms with Crippen LogP contribution in [0.4, 0.5) is 11.6 Å². The second-order valence-electron chi connectivity index (χ2n) is 5.60. The van der Waals surface area contributed by atoms with Gasteiger partial charge in [-0.25, -0.2) is 9.97 Å². The Morgan fingerprint density at radius 3 is 2.67 bits per heavy atom. The lowest BCUT2D eigenvalue weighted by atomic mass is 10.3. The molecule has 24 heavy (non-hydrogen) atoms. The highest BCUT2D eigenvalue weighted by molar-refractivity contribution is 6.32. The van der Waals surface area contributed by atoms with Gasteiger partial charge in [0, 0.05) is 51.8 Å². The number of amides is 1. The lowest BCUT2D eigenvalue weighted by molar-refractivity contribution is -0.129. The Morgan fingerprint density at radius 1 is 1.21 bits per heavy atom. The van der Waals surface area contributed by atoms with Crippen molar-refractivity contribution in [1.29, 1.82) is 0 Å². The van der Waals surface area contributed by atoms with E-state index < -0.39 is 0 Å². The molecule has 3 rings (SSSR count). The van der Waals surface area contributed by atoms with Gasteiger partial charge in [-0.05, 0) is 12.1 Å². The lowest BCUT2D eigenvalue weighted by Gasteiger charge is -2.36. The molecule has 0 aromatic carbocycles. The van der Waals surface area contributed by atoms with Gasteiger partial charge in [-0.2, -0.15) is 0 Å². The van der Waals surface area contributed by atoms with Crippen molar-refractivity contribution in [2.45, 2.75) is 0 Å². The van der Waals surface area contributed by atoms with Gasteiger partial charge in [0.2, 0.25) is 5.91 Å². The van der Waals surface area contributed by atoms with Gasteiger partial charge in [-0.15, -0.1) is 0 Å². The van der Waals surface area contributed by atoms with Crippen LogP contribution in [0.2, 0.25) is 5.02 Å². The molecule has 2 aromatic rings. The van der Waals surface area contributed by atoms with Crippen LogP contribution in [0.5, 0.6) is 0 Å². The molecule has 1 saturated heterocycles. The standard InChI is InChI=1S/C16H19ClN6O/c1-21(14-11-18-5-6-19-14)12-15(24)22-7-9-23(10-8-22)16-13(17)3-2-4-20-16/h2-6,11H,7-10,12H2,1H3. The minimum Gasteiger partial charge on any atom is -0.352 e. The summed E-state index contributed by atoms with van der Waals surface area (Å²) in [4.78, 5) is 30.8. The predicted octanol–water partition coefficient (Wildman–Crippen LogP) is 1.31. The number of halogens is 1. The number of aromatic nitrogens is 3. The van der Waals surface area contributed by atoms with Crippen molar-refractivity contribution in [2.24, 2.45) is 0 Å². The highest BCUT2D eigenvalue weighted by Gasteiger charge is 2.23. The molecule has 3 heterocycles. The topological polar surface area (TPSA) is 65.5 Å². The zero-order valence-corrected chi connectivity index (χ0v) is 14.2. The smallest absolute Gasteiger partial charge is 0.242 e. The zero-order valence-electron chi connectivity index (χ0n) is 13.5. The Morgan fingerprint density at radius 2 is 2.00 bits per heavy atom. The monoisotopic (exact) mass is 346 g/mol. The fourth-order valence-electron chi connectivity index (χ4n) is 2.65. The third kappa shape index (κ3) is 3.73. The molecular weight excluding hydrogens is 328 g/mol. The first-order valence-electron chi connectivity index (χ1n) is 7.75. The SMILES string of the molecule is CN(CC(=O)N1CCN(c2ncccc2Cl)CC1)c1cnccn1. The van der Waals surface area contributed by atoms with Crippen molar-refractivity contribution < 1.29 is 4.79 Å². The van der Waals surface area contributed by atoms with Crippen molar-refractivity contribution >= 4 is 29.1 Å². The summed E-state index contributed by atoms with van der Waals surface area (Å²) in [6.07, 6.45) is 6.61. The van der Waals surface area contributed by atoms with Gasteiger partial charge < -0.3 is 14.7 Å². The Labute approximate surface area is 145 Å². The van der Waals surface area contributed by atoms with Gasteiger partial charge in [0.25, 0.3) is 0 Å². The van der Waals surface area contributed by atoms with Crippen LogP contribution < -0.4 is 9.80 Å². The first-order chi connectivity index (χ1) is 11.6. The summed E-state index contributed by atoms with van der Waals surface area (Å²) in [5.74, 6) is 1.54. The van der Waals surface area contributed by atoms with Crippen molar-refractivity contribution in [3.05, 3.63) is 41.9 Å². The number of piperazine rings is 1. The van der Waals surface area contributed by atoms with Crippen LogP contribution in [0.1, 0.15) is 0 Å². The molecule has 0 spiro atoms. The average Bonchev–Trinajstić information content (AvgIpc) is 2.63. The second-order valence-corrected chi connectivity index (χ2v) is 6.00. The van der Waals surface area contributed by atoms with Gasteiger partial charge in [0.1, 0.15) is 11.6 Å². The van der Waals surface area contributed by atoms with E-state index in [9.17, 15) is 4.79 Å². The third-order valence-corrected chi connectivity index (χ3v) is 4.28. The van der Waals surface area contributed by atoms with Crippen LogP contribution in [0.3, 0.4) is 0 Å². The average molecular weight is 347 g/mol. The molecule has 7 nitrogen and oxygen atoms in total. The fourth-order valence-corrected chi connectivity index (χ4v) is 2.89. The summed E-state index contributed by atoms with van der Waals surface area (Å²) in [5, 5.41) is 0.639. The molecule has 126 valence electrons. The van der Waals surface area contributed by atoms with Crippen LogP contribution in [0.25, 0.3) is 0 Å². The summed E-state index contributed by atoms with van der Waals surface area (Å²) in [7, 11) is 1.84. The molecule has 1 aliphatic heterocycles. The molecule has 0 bridgehead atoms. The van der Waals surface area contributed by atoms with E-state index in [2.05, 4.69) is 19.9 Å². The fraction of sp³-hybridized carbons (Fsp3) is 0.375. The third-order valence-electron chi connectivity index (χ3n) is 3.98. The van der Waals surface area contributed by atoms with Crippen molar-refractivity contribution in [3.8, 4) is 0 Å². The number of nitrogens with zero attached hydrogens (tertiary/aromatic N) is 6. The molecule has 8 heteroatoms. The van der Waals surface area contributed by atoms with Gasteiger partial charge in [-0.1, -0.05) is 11.6 Å². The lowest BCUT2D eigenvalue weighted by Crippen LogP contribution is -2.51. The molecule has 0 unspecified atom stereocenters. The van der Waals surface area contributed by atoms with E-state index in [1.807, 2.05) is 24.1 Å². The Balaban J connectivity index is 1.55. The number of hydrogen-bond acceptors (Lipinski definition) is 6. The molecule has 0 saturated carbocycles. The number of pyridine rings is 1. The number of carbonyl (C=O) groups is 1. The van der Waals surface area contributed by atoms with Crippen molar-refractivity contribution in [3.63, 3.8) is 0 Å². The molecule has 1 fully saturated rings.